The van der Waals surface area contributed by atoms with Crippen molar-refractivity contribution in [3.8, 4) is 0 Å². The van der Waals surface area contributed by atoms with Crippen LogP contribution < -0.4 is 5.32 Å². The summed E-state index contributed by atoms with van der Waals surface area (Å²) in [7, 11) is 1.52. The number of nitrogens with zero attached hydrogens (tertiary/aromatic N) is 1. The monoisotopic (exact) mass is 778 g/mol. The third-order valence-corrected chi connectivity index (χ3v) is 10.9. The van der Waals surface area contributed by atoms with E-state index in [0.717, 1.165) is 57.8 Å². The van der Waals surface area contributed by atoms with Crippen LogP contribution in [0.15, 0.2) is 12.2 Å². The Bertz CT molecular complexity index is 916. The van der Waals surface area contributed by atoms with Crippen LogP contribution in [0.3, 0.4) is 0 Å². The van der Waals surface area contributed by atoms with Gasteiger partial charge in [0.1, 0.15) is 13.2 Å². The molecule has 0 aromatic carbocycles. The topological polar surface area (TPSA) is 146 Å². The van der Waals surface area contributed by atoms with Crippen LogP contribution in [-0.2, 0) is 18.4 Å². The van der Waals surface area contributed by atoms with Gasteiger partial charge in [-0.15, -0.1) is 0 Å². The summed E-state index contributed by atoms with van der Waals surface area (Å²) in [6.07, 6.45) is 29.6. The van der Waals surface area contributed by atoms with Gasteiger partial charge in [-0.3, -0.25) is 13.8 Å². The molecule has 0 saturated heterocycles. The molecule has 11 heteroatoms. The number of carbonyl (C=O) groups excluding carboxylic acids is 1. The number of phosphoric acid groups is 1. The van der Waals surface area contributed by atoms with Crippen molar-refractivity contribution in [2.24, 2.45) is 0 Å². The number of likely N-dealkylation sites (N-methyl/N-ethyl adjacent to an activating group) is 1. The molecule has 0 radical (unpaired) electrons. The van der Waals surface area contributed by atoms with E-state index in [1.54, 1.807) is 0 Å². The molecule has 0 spiro atoms. The quantitative estimate of drug-likeness (QED) is 0.0180. The van der Waals surface area contributed by atoms with Crippen LogP contribution in [0.5, 0.6) is 0 Å². The molecule has 10 nitrogen and oxygen atoms in total. The summed E-state index contributed by atoms with van der Waals surface area (Å²) in [4.78, 5) is 23.1. The number of rotatable bonds is 39. The van der Waals surface area contributed by atoms with Gasteiger partial charge < -0.3 is 30.0 Å². The van der Waals surface area contributed by atoms with E-state index in [-0.39, 0.29) is 25.5 Å². The normalized spacial score (nSPS) is 15.7. The van der Waals surface area contributed by atoms with Crippen LogP contribution in [0.1, 0.15) is 187 Å². The molecule has 53 heavy (non-hydrogen) atoms. The summed E-state index contributed by atoms with van der Waals surface area (Å²) in [5, 5.41) is 34.4. The molecular weight excluding hydrogens is 691 g/mol. The third-order valence-electron chi connectivity index (χ3n) is 9.96. The maximum Gasteiger partial charge on any atom is 0.472 e. The minimum atomic E-state index is -4.35. The Morgan fingerprint density at radius 1 is 0.642 bits per heavy atom. The van der Waals surface area contributed by atoms with Crippen LogP contribution in [0.25, 0.3) is 0 Å². The molecule has 0 aliphatic carbocycles. The summed E-state index contributed by atoms with van der Waals surface area (Å²) in [5.74, 6) is -0.223. The lowest BCUT2D eigenvalue weighted by molar-refractivity contribution is -0.870. The van der Waals surface area contributed by atoms with Crippen molar-refractivity contribution in [3.63, 3.8) is 0 Å². The first-order chi connectivity index (χ1) is 25.3. The average Bonchev–Trinajstić information content (AvgIpc) is 3.10. The number of phosphoric ester groups is 1. The van der Waals surface area contributed by atoms with Crippen LogP contribution in [0.4, 0.5) is 0 Å². The molecule has 5 N–H and O–H groups in total. The molecule has 0 aromatic rings. The van der Waals surface area contributed by atoms with Crippen LogP contribution in [0.2, 0.25) is 0 Å². The highest BCUT2D eigenvalue weighted by atomic mass is 31.2. The molecule has 0 aliphatic rings. The van der Waals surface area contributed by atoms with Crippen molar-refractivity contribution in [1.29, 1.82) is 0 Å². The van der Waals surface area contributed by atoms with Gasteiger partial charge in [-0.25, -0.2) is 4.57 Å². The maximum absolute atomic E-state index is 12.9. The fourth-order valence-corrected chi connectivity index (χ4v) is 7.04. The molecule has 0 rings (SSSR count). The summed E-state index contributed by atoms with van der Waals surface area (Å²) >= 11 is 0. The van der Waals surface area contributed by atoms with E-state index >= 15 is 0 Å². The average molecular weight is 778 g/mol. The number of allylic oxidation sites excluding steroid dienone is 1. The van der Waals surface area contributed by atoms with Gasteiger partial charge in [0.15, 0.2) is 0 Å². The van der Waals surface area contributed by atoms with Crippen LogP contribution in [-0.4, -0.2) is 95.9 Å². The van der Waals surface area contributed by atoms with E-state index < -0.39 is 32.2 Å². The predicted molar refractivity (Wildman–Crippen MR) is 220 cm³/mol. The Morgan fingerprint density at radius 3 is 1.64 bits per heavy atom. The second-order valence-corrected chi connectivity index (χ2v) is 17.8. The maximum atomic E-state index is 12.9. The zero-order chi connectivity index (χ0) is 39.6. The standard InChI is InChI=1S/C42H85N2O8P/c1-6-8-10-12-14-15-16-17-18-19-20-21-24-27-31-39(45)38(37-52-53(49,50)51-36-35-44(3,4)5)43-42(48)34-30-26-22-25-29-33-41(47)40(46)32-28-23-13-11-9-7-2/h23,28,38-41,45-47H,6-22,24-27,29-37H2,1-5H3,(H-,43,48,49,50)/p+1/b28-23-/t38-,39+,40-,41-/m0/s1. The van der Waals surface area contributed by atoms with Gasteiger partial charge in [-0.05, 0) is 38.5 Å². The SMILES string of the molecule is CCCCC/C=C\C[C@H](O)[C@@H](O)CCCCCCCC(=O)N[C@@H](COP(=O)(O)OCC[N+](C)(C)C)[C@H](O)CCCCCCCCCCCCCCCC. The molecule has 0 bridgehead atoms. The van der Waals surface area contributed by atoms with Crippen molar-refractivity contribution < 1.29 is 43.1 Å². The minimum Gasteiger partial charge on any atom is -0.391 e. The summed E-state index contributed by atoms with van der Waals surface area (Å²) in [6, 6.07) is -0.814. The largest absolute Gasteiger partial charge is 0.472 e. The van der Waals surface area contributed by atoms with Crippen LogP contribution in [0, 0.1) is 0 Å². The number of aliphatic hydroxyl groups is 3. The van der Waals surface area contributed by atoms with E-state index in [2.05, 4.69) is 25.2 Å². The van der Waals surface area contributed by atoms with Gasteiger partial charge >= 0.3 is 7.82 Å². The zero-order valence-electron chi connectivity index (χ0n) is 35.0. The number of amides is 1. The van der Waals surface area contributed by atoms with E-state index in [1.807, 2.05) is 27.2 Å². The van der Waals surface area contributed by atoms with Crippen molar-refractivity contribution in [2.45, 2.75) is 212 Å². The van der Waals surface area contributed by atoms with Gasteiger partial charge in [-0.1, -0.05) is 154 Å². The smallest absolute Gasteiger partial charge is 0.391 e. The molecule has 0 aromatic heterocycles. The van der Waals surface area contributed by atoms with Gasteiger partial charge in [0.2, 0.25) is 5.91 Å². The Balaban J connectivity index is 4.51. The second kappa shape index (κ2) is 34.4. The van der Waals surface area contributed by atoms with Crippen molar-refractivity contribution in [2.75, 3.05) is 40.9 Å². The Hall–Kier alpha value is -0.840. The number of carbonyl (C=O) groups is 1. The second-order valence-electron chi connectivity index (χ2n) is 16.4. The number of nitrogens with one attached hydrogen (secondary N) is 1. The zero-order valence-corrected chi connectivity index (χ0v) is 35.9. The number of hydrogen-bond acceptors (Lipinski definition) is 7. The fraction of sp³-hybridized carbons (Fsp3) is 0.929. The predicted octanol–water partition coefficient (Wildman–Crippen LogP) is 9.52. The highest BCUT2D eigenvalue weighted by Gasteiger charge is 2.28. The van der Waals surface area contributed by atoms with E-state index in [1.165, 1.54) is 83.5 Å². The van der Waals surface area contributed by atoms with E-state index in [0.29, 0.717) is 36.7 Å². The number of unbranched alkanes of at least 4 members (excludes halogenated alkanes) is 20. The minimum absolute atomic E-state index is 0.0476. The summed E-state index contributed by atoms with van der Waals surface area (Å²) in [5.41, 5.74) is 0. The molecule has 0 saturated carbocycles. The van der Waals surface area contributed by atoms with Gasteiger partial charge in [-0.2, -0.15) is 0 Å². The lowest BCUT2D eigenvalue weighted by atomic mass is 10.0. The van der Waals surface area contributed by atoms with Crippen molar-refractivity contribution >= 4 is 13.7 Å². The molecule has 5 atom stereocenters. The molecule has 0 heterocycles. The molecule has 1 amide bonds. The van der Waals surface area contributed by atoms with E-state index in [4.69, 9.17) is 9.05 Å². The Labute approximate surface area is 326 Å². The number of hydrogen-bond donors (Lipinski definition) is 5. The molecule has 316 valence electrons. The highest BCUT2D eigenvalue weighted by Crippen LogP contribution is 2.43. The highest BCUT2D eigenvalue weighted by molar-refractivity contribution is 7.47. The first kappa shape index (κ1) is 52.2. The Morgan fingerprint density at radius 2 is 1.11 bits per heavy atom. The van der Waals surface area contributed by atoms with Gasteiger partial charge in [0, 0.05) is 6.42 Å². The molecule has 0 aliphatic heterocycles. The lowest BCUT2D eigenvalue weighted by Gasteiger charge is -2.26. The molecule has 1 unspecified atom stereocenters. The van der Waals surface area contributed by atoms with Crippen LogP contribution >= 0.6 is 7.82 Å². The molecular formula is C42H86N2O8P+. The lowest BCUT2D eigenvalue weighted by Crippen LogP contribution is -2.46. The van der Waals surface area contributed by atoms with E-state index in [9.17, 15) is 29.6 Å². The Kier molecular flexibility index (Phi) is 33.9. The number of quaternary nitrogens is 1. The van der Waals surface area contributed by atoms with Crippen molar-refractivity contribution in [3.05, 3.63) is 12.2 Å². The summed E-state index contributed by atoms with van der Waals surface area (Å²) < 4.78 is 23.5. The fourth-order valence-electron chi connectivity index (χ4n) is 6.30. The third kappa shape index (κ3) is 35.3. The molecule has 0 fully saturated rings. The van der Waals surface area contributed by atoms with Gasteiger partial charge in [0.05, 0.1) is 52.1 Å². The van der Waals surface area contributed by atoms with Gasteiger partial charge in [0.25, 0.3) is 0 Å². The first-order valence-electron chi connectivity index (χ1n) is 21.7. The summed E-state index contributed by atoms with van der Waals surface area (Å²) in [6.45, 7) is 4.69. The first-order valence-corrected chi connectivity index (χ1v) is 23.2. The van der Waals surface area contributed by atoms with Crippen molar-refractivity contribution in [1.82, 2.24) is 5.32 Å². The number of aliphatic hydroxyl groups excluding tert-OH is 3.